The smallest absolute Gasteiger partial charge is 0.224 e. The molecular weight excluding hydrogens is 337 g/mol. The van der Waals surface area contributed by atoms with E-state index in [9.17, 15) is 9.18 Å². The van der Waals surface area contributed by atoms with Crippen molar-refractivity contribution >= 4 is 44.6 Å². The van der Waals surface area contributed by atoms with Crippen molar-refractivity contribution in [2.24, 2.45) is 0 Å². The minimum atomic E-state index is -0.366. The van der Waals surface area contributed by atoms with Gasteiger partial charge in [-0.3, -0.25) is 4.79 Å². The van der Waals surface area contributed by atoms with Gasteiger partial charge in [0.05, 0.1) is 17.1 Å². The number of hydrogen-bond acceptors (Lipinski definition) is 3. The average molecular weight is 350 g/mol. The first kappa shape index (κ1) is 13.9. The zero-order valence-electron chi connectivity index (χ0n) is 11.0. The number of nitrogens with one attached hydrogen (secondary N) is 2. The second-order valence-corrected chi connectivity index (χ2v) is 5.81. The minimum absolute atomic E-state index is 0.0124. The molecule has 0 aliphatic carbocycles. The van der Waals surface area contributed by atoms with Crippen LogP contribution < -0.4 is 16.4 Å². The fraction of sp³-hybridized carbons (Fsp3) is 0.133. The Labute approximate surface area is 129 Å². The third-order valence-electron chi connectivity index (χ3n) is 3.37. The first-order valence-corrected chi connectivity index (χ1v) is 7.26. The highest BCUT2D eigenvalue weighted by atomic mass is 79.9. The first-order valence-electron chi connectivity index (χ1n) is 6.47. The van der Waals surface area contributed by atoms with E-state index in [0.717, 1.165) is 11.3 Å². The number of nitrogen functional groups attached to an aromatic ring is 1. The van der Waals surface area contributed by atoms with Crippen molar-refractivity contribution in [2.45, 2.75) is 12.8 Å². The van der Waals surface area contributed by atoms with Gasteiger partial charge >= 0.3 is 0 Å². The van der Waals surface area contributed by atoms with E-state index < -0.39 is 0 Å². The van der Waals surface area contributed by atoms with Crippen LogP contribution >= 0.6 is 15.9 Å². The molecule has 1 heterocycles. The molecule has 21 heavy (non-hydrogen) atoms. The fourth-order valence-electron chi connectivity index (χ4n) is 2.29. The maximum atomic E-state index is 13.9. The maximum absolute atomic E-state index is 13.9. The standard InChI is InChI=1S/C15H13BrFN3O/c16-9-2-3-12(10(17)6-9)19-14-5-8-1-4-15(21)20-13(8)7-11(14)18/h2-3,5-7,19H,1,4,18H2,(H,20,21). The van der Waals surface area contributed by atoms with E-state index >= 15 is 0 Å². The second-order valence-electron chi connectivity index (χ2n) is 4.89. The lowest BCUT2D eigenvalue weighted by atomic mass is 10.0. The molecule has 0 saturated carbocycles. The van der Waals surface area contributed by atoms with Gasteiger partial charge in [0.1, 0.15) is 5.82 Å². The summed E-state index contributed by atoms with van der Waals surface area (Å²) in [5.74, 6) is -0.378. The summed E-state index contributed by atoms with van der Waals surface area (Å²) in [6, 6.07) is 8.33. The normalized spacial score (nSPS) is 13.5. The molecular formula is C15H13BrFN3O. The van der Waals surface area contributed by atoms with E-state index in [1.165, 1.54) is 6.07 Å². The third-order valence-corrected chi connectivity index (χ3v) is 3.86. The van der Waals surface area contributed by atoms with Gasteiger partial charge in [0.2, 0.25) is 5.91 Å². The van der Waals surface area contributed by atoms with E-state index in [1.807, 2.05) is 6.07 Å². The van der Waals surface area contributed by atoms with Crippen LogP contribution in [0.2, 0.25) is 0 Å². The van der Waals surface area contributed by atoms with Crippen molar-refractivity contribution in [1.82, 2.24) is 0 Å². The number of hydrogen-bond donors (Lipinski definition) is 3. The SMILES string of the molecule is Nc1cc2c(cc1Nc1ccc(Br)cc1F)CCC(=O)N2. The molecule has 2 aromatic carbocycles. The van der Waals surface area contributed by atoms with Crippen LogP contribution in [0.1, 0.15) is 12.0 Å². The van der Waals surface area contributed by atoms with Crippen LogP contribution in [-0.2, 0) is 11.2 Å². The lowest BCUT2D eigenvalue weighted by Gasteiger charge is -2.20. The Morgan fingerprint density at radius 2 is 2.00 bits per heavy atom. The summed E-state index contributed by atoms with van der Waals surface area (Å²) in [4.78, 5) is 11.4. The number of carbonyl (C=O) groups is 1. The molecule has 4 nitrogen and oxygen atoms in total. The predicted octanol–water partition coefficient (Wildman–Crippen LogP) is 3.80. The summed E-state index contributed by atoms with van der Waals surface area (Å²) in [7, 11) is 0. The van der Waals surface area contributed by atoms with Crippen molar-refractivity contribution in [3.8, 4) is 0 Å². The van der Waals surface area contributed by atoms with E-state index in [4.69, 9.17) is 5.73 Å². The molecule has 0 radical (unpaired) electrons. The Morgan fingerprint density at radius 1 is 1.19 bits per heavy atom. The topological polar surface area (TPSA) is 67.1 Å². The van der Waals surface area contributed by atoms with Crippen LogP contribution in [0, 0.1) is 5.82 Å². The Bertz CT molecular complexity index is 733. The largest absolute Gasteiger partial charge is 0.397 e. The van der Waals surface area contributed by atoms with Crippen molar-refractivity contribution in [2.75, 3.05) is 16.4 Å². The van der Waals surface area contributed by atoms with Gasteiger partial charge in [0.15, 0.2) is 0 Å². The van der Waals surface area contributed by atoms with Gasteiger partial charge in [-0.2, -0.15) is 0 Å². The molecule has 2 aromatic rings. The molecule has 108 valence electrons. The van der Waals surface area contributed by atoms with Gasteiger partial charge in [-0.25, -0.2) is 4.39 Å². The summed E-state index contributed by atoms with van der Waals surface area (Å²) in [5, 5.41) is 5.78. The Balaban J connectivity index is 1.94. The molecule has 3 rings (SSSR count). The highest BCUT2D eigenvalue weighted by Gasteiger charge is 2.17. The van der Waals surface area contributed by atoms with Gasteiger partial charge in [-0.05, 0) is 42.3 Å². The summed E-state index contributed by atoms with van der Waals surface area (Å²) < 4.78 is 14.5. The Kier molecular flexibility index (Phi) is 3.55. The van der Waals surface area contributed by atoms with Gasteiger partial charge in [0, 0.05) is 16.6 Å². The first-order chi connectivity index (χ1) is 10.0. The quantitative estimate of drug-likeness (QED) is 0.722. The number of fused-ring (bicyclic) bond motifs is 1. The number of amides is 1. The predicted molar refractivity (Wildman–Crippen MR) is 85.2 cm³/mol. The molecule has 0 atom stereocenters. The minimum Gasteiger partial charge on any atom is -0.397 e. The van der Waals surface area contributed by atoms with Crippen LogP contribution in [-0.4, -0.2) is 5.91 Å². The molecule has 1 aliphatic rings. The number of benzene rings is 2. The Hall–Kier alpha value is -2.08. The molecule has 0 saturated heterocycles. The zero-order valence-corrected chi connectivity index (χ0v) is 12.6. The fourth-order valence-corrected chi connectivity index (χ4v) is 2.62. The van der Waals surface area contributed by atoms with Crippen molar-refractivity contribution < 1.29 is 9.18 Å². The molecule has 6 heteroatoms. The Morgan fingerprint density at radius 3 is 2.76 bits per heavy atom. The molecule has 1 aliphatic heterocycles. The monoisotopic (exact) mass is 349 g/mol. The molecule has 0 spiro atoms. The van der Waals surface area contributed by atoms with Crippen molar-refractivity contribution in [3.63, 3.8) is 0 Å². The molecule has 0 fully saturated rings. The molecule has 0 bridgehead atoms. The number of rotatable bonds is 2. The second kappa shape index (κ2) is 5.37. The lowest BCUT2D eigenvalue weighted by Crippen LogP contribution is -2.19. The van der Waals surface area contributed by atoms with Crippen molar-refractivity contribution in [1.29, 1.82) is 0 Å². The third kappa shape index (κ3) is 2.85. The van der Waals surface area contributed by atoms with Crippen LogP contribution in [0.15, 0.2) is 34.8 Å². The van der Waals surface area contributed by atoms with E-state index in [0.29, 0.717) is 34.4 Å². The average Bonchev–Trinajstić information content (AvgIpc) is 2.42. The van der Waals surface area contributed by atoms with Gasteiger partial charge < -0.3 is 16.4 Å². The van der Waals surface area contributed by atoms with Crippen LogP contribution in [0.3, 0.4) is 0 Å². The summed E-state index contributed by atoms with van der Waals surface area (Å²) >= 11 is 3.22. The van der Waals surface area contributed by atoms with E-state index in [1.54, 1.807) is 18.2 Å². The zero-order chi connectivity index (χ0) is 15.0. The maximum Gasteiger partial charge on any atom is 0.224 e. The summed E-state index contributed by atoms with van der Waals surface area (Å²) in [6.07, 6.45) is 1.10. The summed E-state index contributed by atoms with van der Waals surface area (Å²) in [6.45, 7) is 0. The number of halogens is 2. The van der Waals surface area contributed by atoms with Crippen LogP contribution in [0.25, 0.3) is 0 Å². The summed E-state index contributed by atoms with van der Waals surface area (Å²) in [5.41, 5.74) is 9.13. The number of nitrogens with two attached hydrogens (primary N) is 1. The van der Waals surface area contributed by atoms with Gasteiger partial charge in [-0.15, -0.1) is 0 Å². The molecule has 1 amide bonds. The number of aryl methyl sites for hydroxylation is 1. The van der Waals surface area contributed by atoms with Crippen LogP contribution in [0.4, 0.5) is 27.1 Å². The van der Waals surface area contributed by atoms with Crippen LogP contribution in [0.5, 0.6) is 0 Å². The van der Waals surface area contributed by atoms with E-state index in [2.05, 4.69) is 26.6 Å². The highest BCUT2D eigenvalue weighted by molar-refractivity contribution is 9.10. The molecule has 0 aromatic heterocycles. The molecule has 0 unspecified atom stereocenters. The van der Waals surface area contributed by atoms with Crippen molar-refractivity contribution in [3.05, 3.63) is 46.2 Å². The van der Waals surface area contributed by atoms with Gasteiger partial charge in [0.25, 0.3) is 0 Å². The highest BCUT2D eigenvalue weighted by Crippen LogP contribution is 2.33. The lowest BCUT2D eigenvalue weighted by molar-refractivity contribution is -0.116. The van der Waals surface area contributed by atoms with E-state index in [-0.39, 0.29) is 11.7 Å². The van der Waals surface area contributed by atoms with Gasteiger partial charge in [-0.1, -0.05) is 15.9 Å². The molecule has 4 N–H and O–H groups in total. The number of carbonyl (C=O) groups excluding carboxylic acids is 1. The number of anilines is 4.